The Balaban J connectivity index is 1.58. The highest BCUT2D eigenvalue weighted by atomic mass is 35.5. The molecule has 36 heavy (non-hydrogen) atoms. The van der Waals surface area contributed by atoms with Gasteiger partial charge in [-0.1, -0.05) is 11.6 Å². The fraction of sp³-hybridized carbons (Fsp3) is 0.500. The molecule has 1 saturated carbocycles. The van der Waals surface area contributed by atoms with E-state index in [9.17, 15) is 18.7 Å². The Morgan fingerprint density at radius 3 is 2.56 bits per heavy atom. The van der Waals surface area contributed by atoms with E-state index in [2.05, 4.69) is 4.98 Å². The minimum Gasteiger partial charge on any atom is -0.393 e. The third-order valence-electron chi connectivity index (χ3n) is 7.44. The summed E-state index contributed by atoms with van der Waals surface area (Å²) in [5, 5.41) is 10.5. The fourth-order valence-electron chi connectivity index (χ4n) is 5.40. The van der Waals surface area contributed by atoms with E-state index in [1.165, 1.54) is 4.57 Å². The summed E-state index contributed by atoms with van der Waals surface area (Å²) in [7, 11) is 1.66. The molecule has 0 bridgehead atoms. The van der Waals surface area contributed by atoms with Crippen LogP contribution in [0.5, 0.6) is 0 Å². The number of benzene rings is 1. The molecule has 12 heteroatoms. The van der Waals surface area contributed by atoms with Crippen LogP contribution in [0.3, 0.4) is 0 Å². The van der Waals surface area contributed by atoms with Crippen LogP contribution in [-0.4, -0.2) is 58.9 Å². The molecule has 2 fully saturated rings. The third kappa shape index (κ3) is 3.85. The largest absolute Gasteiger partial charge is 0.393 e. The number of alkyl halides is 2. The Bertz CT molecular complexity index is 1510. The second-order valence-electron chi connectivity index (χ2n) is 9.78. The highest BCUT2D eigenvalue weighted by molar-refractivity contribution is 6.31. The molecule has 4 heterocycles. The van der Waals surface area contributed by atoms with Gasteiger partial charge in [-0.15, -0.1) is 0 Å². The maximum absolute atomic E-state index is 14.0. The first-order chi connectivity index (χ1) is 17.2. The van der Waals surface area contributed by atoms with Crippen molar-refractivity contribution in [3.05, 3.63) is 40.0 Å². The second kappa shape index (κ2) is 8.52. The van der Waals surface area contributed by atoms with E-state index >= 15 is 0 Å². The molecule has 0 amide bonds. The highest BCUT2D eigenvalue weighted by Crippen LogP contribution is 2.35. The molecule has 6 rings (SSSR count). The molecule has 1 aliphatic carbocycles. The number of anilines is 1. The fourth-order valence-corrected chi connectivity index (χ4v) is 5.56. The van der Waals surface area contributed by atoms with Gasteiger partial charge in [0.05, 0.1) is 17.1 Å². The Hall–Kier alpha value is -3.05. The predicted molar refractivity (Wildman–Crippen MR) is 132 cm³/mol. The molecule has 1 aromatic carbocycles. The number of hydrogen-bond donors (Lipinski definition) is 1. The van der Waals surface area contributed by atoms with Gasteiger partial charge in [-0.2, -0.15) is 9.97 Å². The van der Waals surface area contributed by atoms with E-state index in [0.29, 0.717) is 58.7 Å². The highest BCUT2D eigenvalue weighted by Gasteiger charge is 2.36. The lowest BCUT2D eigenvalue weighted by molar-refractivity contribution is -0.0221. The van der Waals surface area contributed by atoms with Gasteiger partial charge in [0.15, 0.2) is 11.5 Å². The standard InChI is InChI=1S/C24H26ClF2N7O2/c1-31-19-20(32-10-8-24(26,27)9-11-32)29-22(33-13-28-17-7-2-14(25)12-18(17)33)30-21(19)34(23(31)36)15-3-5-16(35)6-4-15/h2,7,12-13,15-16,35H,3-6,8-11H2,1H3/t15-,16-. The number of fused-ring (bicyclic) bond motifs is 2. The quantitative estimate of drug-likeness (QED) is 0.444. The van der Waals surface area contributed by atoms with Gasteiger partial charge in [-0.05, 0) is 43.9 Å². The maximum Gasteiger partial charge on any atom is 0.330 e. The Morgan fingerprint density at radius 1 is 1.11 bits per heavy atom. The molecule has 9 nitrogen and oxygen atoms in total. The Morgan fingerprint density at radius 2 is 1.83 bits per heavy atom. The second-order valence-corrected chi connectivity index (χ2v) is 10.2. The summed E-state index contributed by atoms with van der Waals surface area (Å²) in [6, 6.07) is 5.18. The van der Waals surface area contributed by atoms with E-state index in [1.807, 2.05) is 4.90 Å². The molecule has 1 N–H and O–H groups in total. The number of aliphatic hydroxyl groups is 1. The lowest BCUT2D eigenvalue weighted by atomic mass is 9.93. The monoisotopic (exact) mass is 517 g/mol. The smallest absolute Gasteiger partial charge is 0.330 e. The molecule has 2 aliphatic rings. The minimum atomic E-state index is -2.72. The molecular weight excluding hydrogens is 492 g/mol. The summed E-state index contributed by atoms with van der Waals surface area (Å²) >= 11 is 6.24. The van der Waals surface area contributed by atoms with Crippen molar-refractivity contribution < 1.29 is 13.9 Å². The van der Waals surface area contributed by atoms with Gasteiger partial charge in [-0.25, -0.2) is 18.6 Å². The number of aryl methyl sites for hydroxylation is 1. The first-order valence-electron chi connectivity index (χ1n) is 12.1. The van der Waals surface area contributed by atoms with E-state index in [0.717, 1.165) is 0 Å². The van der Waals surface area contributed by atoms with Gasteiger partial charge >= 0.3 is 5.69 Å². The number of rotatable bonds is 3. The molecule has 0 unspecified atom stereocenters. The minimum absolute atomic E-state index is 0.115. The van der Waals surface area contributed by atoms with Crippen molar-refractivity contribution in [2.24, 2.45) is 7.05 Å². The van der Waals surface area contributed by atoms with Crippen molar-refractivity contribution >= 4 is 39.6 Å². The van der Waals surface area contributed by atoms with E-state index in [1.54, 1.807) is 40.7 Å². The van der Waals surface area contributed by atoms with Crippen LogP contribution in [0, 0.1) is 0 Å². The van der Waals surface area contributed by atoms with Crippen LogP contribution in [0.25, 0.3) is 28.1 Å². The Kier molecular flexibility index (Phi) is 5.52. The van der Waals surface area contributed by atoms with Crippen LogP contribution in [0.15, 0.2) is 29.3 Å². The van der Waals surface area contributed by atoms with E-state index in [-0.39, 0.29) is 49.7 Å². The first kappa shape index (κ1) is 23.4. The topological polar surface area (TPSA) is 94.0 Å². The van der Waals surface area contributed by atoms with Crippen molar-refractivity contribution in [1.29, 1.82) is 0 Å². The summed E-state index contributed by atoms with van der Waals surface area (Å²) in [6.07, 6.45) is 3.15. The van der Waals surface area contributed by atoms with Gasteiger partial charge in [0.25, 0.3) is 5.92 Å². The van der Waals surface area contributed by atoms with Crippen molar-refractivity contribution in [3.63, 3.8) is 0 Å². The maximum atomic E-state index is 14.0. The number of imidazole rings is 2. The number of aromatic nitrogens is 6. The molecular formula is C24H26ClF2N7O2. The van der Waals surface area contributed by atoms with Gasteiger partial charge in [-0.3, -0.25) is 13.7 Å². The average Bonchev–Trinajstić information content (AvgIpc) is 3.37. The van der Waals surface area contributed by atoms with Crippen LogP contribution in [0.2, 0.25) is 5.02 Å². The van der Waals surface area contributed by atoms with E-state index in [4.69, 9.17) is 21.6 Å². The van der Waals surface area contributed by atoms with Gasteiger partial charge in [0.1, 0.15) is 11.8 Å². The third-order valence-corrected chi connectivity index (χ3v) is 7.68. The molecule has 190 valence electrons. The van der Waals surface area contributed by atoms with Crippen molar-refractivity contribution in [1.82, 2.24) is 28.7 Å². The summed E-state index contributed by atoms with van der Waals surface area (Å²) < 4.78 is 32.9. The summed E-state index contributed by atoms with van der Waals surface area (Å²) in [4.78, 5) is 29.4. The molecule has 1 aliphatic heterocycles. The van der Waals surface area contributed by atoms with Crippen molar-refractivity contribution in [2.45, 2.75) is 56.6 Å². The lowest BCUT2D eigenvalue weighted by Gasteiger charge is -2.33. The molecule has 0 spiro atoms. The zero-order chi connectivity index (χ0) is 25.2. The number of aliphatic hydroxyl groups excluding tert-OH is 1. The first-order valence-corrected chi connectivity index (χ1v) is 12.5. The average molecular weight is 518 g/mol. The van der Waals surface area contributed by atoms with Gasteiger partial charge in [0.2, 0.25) is 5.95 Å². The Labute approximate surface area is 209 Å². The number of nitrogens with zero attached hydrogens (tertiary/aromatic N) is 7. The SMILES string of the molecule is Cn1c(=O)n([C@H]2CC[C@H](O)CC2)c2nc(-n3cnc4ccc(Cl)cc43)nc(N3CCC(F)(F)CC3)c21. The van der Waals surface area contributed by atoms with Crippen molar-refractivity contribution in [2.75, 3.05) is 18.0 Å². The molecule has 3 aromatic heterocycles. The van der Waals surface area contributed by atoms with Crippen LogP contribution in [0.1, 0.15) is 44.6 Å². The molecule has 1 saturated heterocycles. The molecule has 4 aromatic rings. The zero-order valence-corrected chi connectivity index (χ0v) is 20.5. The van der Waals surface area contributed by atoms with Crippen LogP contribution in [-0.2, 0) is 7.05 Å². The van der Waals surface area contributed by atoms with Gasteiger partial charge in [0, 0.05) is 44.0 Å². The number of hydrogen-bond acceptors (Lipinski definition) is 6. The normalized spacial score (nSPS) is 22.5. The van der Waals surface area contributed by atoms with Crippen LogP contribution >= 0.6 is 11.6 Å². The summed E-state index contributed by atoms with van der Waals surface area (Å²) in [5.74, 6) is -1.98. The number of piperidine rings is 1. The van der Waals surface area contributed by atoms with Crippen LogP contribution < -0.4 is 10.6 Å². The number of halogens is 3. The molecule has 0 atom stereocenters. The summed E-state index contributed by atoms with van der Waals surface area (Å²) in [6.45, 7) is 0.230. The van der Waals surface area contributed by atoms with E-state index < -0.39 is 5.92 Å². The molecule has 0 radical (unpaired) electrons. The summed E-state index contributed by atoms with van der Waals surface area (Å²) in [5.41, 5.74) is 2.13. The van der Waals surface area contributed by atoms with Gasteiger partial charge < -0.3 is 10.0 Å². The zero-order valence-electron chi connectivity index (χ0n) is 19.7. The van der Waals surface area contributed by atoms with Crippen molar-refractivity contribution in [3.8, 4) is 5.95 Å². The predicted octanol–water partition coefficient (Wildman–Crippen LogP) is 3.83. The lowest BCUT2D eigenvalue weighted by Crippen LogP contribution is -2.40. The van der Waals surface area contributed by atoms with Crippen LogP contribution in [0.4, 0.5) is 14.6 Å².